The number of carbonyl (C=O) groups is 1. The summed E-state index contributed by atoms with van der Waals surface area (Å²) in [6, 6.07) is 10.9. The summed E-state index contributed by atoms with van der Waals surface area (Å²) in [5, 5.41) is 15.3. The lowest BCUT2D eigenvalue weighted by atomic mass is 9.99. The molecule has 198 valence electrons. The average molecular weight is 511 g/mol. The van der Waals surface area contributed by atoms with Crippen LogP contribution in [0.1, 0.15) is 36.1 Å². The van der Waals surface area contributed by atoms with E-state index in [1.807, 2.05) is 12.1 Å². The van der Waals surface area contributed by atoms with Gasteiger partial charge in [0, 0.05) is 31.6 Å². The minimum absolute atomic E-state index is 0.0313. The van der Waals surface area contributed by atoms with Gasteiger partial charge in [-0.2, -0.15) is 0 Å². The van der Waals surface area contributed by atoms with Crippen molar-refractivity contribution in [3.63, 3.8) is 0 Å². The lowest BCUT2D eigenvalue weighted by molar-refractivity contribution is -0.151. The van der Waals surface area contributed by atoms with Crippen LogP contribution < -0.4 is 25.7 Å². The van der Waals surface area contributed by atoms with Crippen molar-refractivity contribution in [3.05, 3.63) is 53.1 Å². The SMILES string of the molecule is CCOC(=O)C(Oc1cc2c(cc1OC)CN(C(=N)N)CC2)c1ccc(OC2CCN(C(=N)N)C2)cc1. The summed E-state index contributed by atoms with van der Waals surface area (Å²) in [7, 11) is 1.54. The van der Waals surface area contributed by atoms with Gasteiger partial charge in [0.15, 0.2) is 23.4 Å². The summed E-state index contributed by atoms with van der Waals surface area (Å²) in [4.78, 5) is 16.5. The number of hydrogen-bond donors (Lipinski definition) is 4. The summed E-state index contributed by atoms with van der Waals surface area (Å²) in [5.74, 6) is 1.14. The predicted octanol–water partition coefficient (Wildman–Crippen LogP) is 1.98. The number of rotatable bonds is 8. The van der Waals surface area contributed by atoms with Crippen LogP contribution in [0.2, 0.25) is 0 Å². The van der Waals surface area contributed by atoms with Crippen LogP contribution in [0.15, 0.2) is 36.4 Å². The number of fused-ring (bicyclic) bond motifs is 1. The fourth-order valence-corrected chi connectivity index (χ4v) is 4.58. The maximum atomic E-state index is 12.9. The molecule has 0 spiro atoms. The fourth-order valence-electron chi connectivity index (χ4n) is 4.58. The Hall–Kier alpha value is -4.15. The van der Waals surface area contributed by atoms with Crippen LogP contribution in [0.5, 0.6) is 17.2 Å². The molecule has 1 saturated heterocycles. The van der Waals surface area contributed by atoms with Gasteiger partial charge in [-0.15, -0.1) is 0 Å². The van der Waals surface area contributed by atoms with Gasteiger partial charge >= 0.3 is 5.97 Å². The lowest BCUT2D eigenvalue weighted by Crippen LogP contribution is -2.40. The zero-order chi connectivity index (χ0) is 26.5. The van der Waals surface area contributed by atoms with E-state index in [4.69, 9.17) is 41.2 Å². The van der Waals surface area contributed by atoms with Crippen LogP contribution >= 0.6 is 0 Å². The Morgan fingerprint density at radius 3 is 2.38 bits per heavy atom. The Morgan fingerprint density at radius 1 is 1.05 bits per heavy atom. The maximum absolute atomic E-state index is 12.9. The second kappa shape index (κ2) is 11.3. The number of carbonyl (C=O) groups excluding carboxylic acids is 1. The fraction of sp³-hybridized carbons (Fsp3) is 0.423. The van der Waals surface area contributed by atoms with E-state index in [-0.39, 0.29) is 24.6 Å². The molecule has 0 aliphatic carbocycles. The summed E-state index contributed by atoms with van der Waals surface area (Å²) in [6.07, 6.45) is 0.398. The van der Waals surface area contributed by atoms with Crippen molar-refractivity contribution in [1.29, 1.82) is 10.8 Å². The molecule has 0 saturated carbocycles. The van der Waals surface area contributed by atoms with Crippen LogP contribution in [-0.2, 0) is 22.5 Å². The molecule has 0 radical (unpaired) electrons. The monoisotopic (exact) mass is 510 g/mol. The highest BCUT2D eigenvalue weighted by Gasteiger charge is 2.28. The molecule has 2 aliphatic rings. The van der Waals surface area contributed by atoms with Crippen LogP contribution in [0.25, 0.3) is 0 Å². The number of methoxy groups -OCH3 is 1. The minimum atomic E-state index is -1.00. The number of ether oxygens (including phenoxy) is 4. The Labute approximate surface area is 216 Å². The zero-order valence-corrected chi connectivity index (χ0v) is 21.2. The predicted molar refractivity (Wildman–Crippen MR) is 138 cm³/mol. The van der Waals surface area contributed by atoms with Crippen LogP contribution in [-0.4, -0.2) is 67.1 Å². The van der Waals surface area contributed by atoms with E-state index in [1.165, 1.54) is 0 Å². The molecule has 2 unspecified atom stereocenters. The lowest BCUT2D eigenvalue weighted by Gasteiger charge is -2.30. The molecule has 6 N–H and O–H groups in total. The van der Waals surface area contributed by atoms with Gasteiger partial charge in [0.2, 0.25) is 6.10 Å². The van der Waals surface area contributed by atoms with Crippen LogP contribution in [0.3, 0.4) is 0 Å². The van der Waals surface area contributed by atoms with Crippen molar-refractivity contribution in [1.82, 2.24) is 9.80 Å². The van der Waals surface area contributed by atoms with Gasteiger partial charge in [-0.1, -0.05) is 12.1 Å². The molecule has 11 heteroatoms. The normalized spacial score (nSPS) is 17.5. The summed E-state index contributed by atoms with van der Waals surface area (Å²) in [6.45, 7) is 4.35. The molecule has 2 aliphatic heterocycles. The van der Waals surface area contributed by atoms with Crippen molar-refractivity contribution < 1.29 is 23.7 Å². The van der Waals surface area contributed by atoms with E-state index in [0.29, 0.717) is 55.4 Å². The quantitative estimate of drug-likeness (QED) is 0.236. The number of benzene rings is 2. The van der Waals surface area contributed by atoms with Gasteiger partial charge in [-0.3, -0.25) is 10.8 Å². The van der Waals surface area contributed by atoms with Gasteiger partial charge in [-0.25, -0.2) is 4.79 Å². The molecule has 4 rings (SSSR count). The van der Waals surface area contributed by atoms with Crippen molar-refractivity contribution in [2.75, 3.05) is 33.4 Å². The molecular formula is C26H34N6O5. The summed E-state index contributed by atoms with van der Waals surface area (Å²) in [5.41, 5.74) is 13.9. The van der Waals surface area contributed by atoms with E-state index < -0.39 is 12.1 Å². The standard InChI is InChI=1S/C26H34N6O5/c1-3-35-24(33)23(16-4-6-19(7-5-16)36-20-9-11-32(15-20)26(29)30)37-22-12-17-8-10-31(25(27)28)14-18(17)13-21(22)34-2/h4-7,12-13,20,23H,3,8-11,14-15H2,1-2H3,(H3,27,28)(H3,29,30). The zero-order valence-electron chi connectivity index (χ0n) is 21.2. The summed E-state index contributed by atoms with van der Waals surface area (Å²) >= 11 is 0. The molecule has 2 atom stereocenters. The topological polar surface area (TPSA) is 160 Å². The van der Waals surface area contributed by atoms with Crippen molar-refractivity contribution in [2.45, 2.75) is 38.5 Å². The third kappa shape index (κ3) is 5.99. The van der Waals surface area contributed by atoms with E-state index in [1.54, 1.807) is 48.1 Å². The Balaban J connectivity index is 1.53. The number of guanidine groups is 2. The number of hydrogen-bond acceptors (Lipinski definition) is 7. The second-order valence-corrected chi connectivity index (χ2v) is 9.01. The van der Waals surface area contributed by atoms with E-state index in [9.17, 15) is 4.79 Å². The maximum Gasteiger partial charge on any atom is 0.352 e. The molecule has 2 heterocycles. The molecule has 1 fully saturated rings. The molecule has 0 aromatic heterocycles. The van der Waals surface area contributed by atoms with Gasteiger partial charge in [0.25, 0.3) is 0 Å². The Morgan fingerprint density at radius 2 is 1.76 bits per heavy atom. The Kier molecular flexibility index (Phi) is 7.90. The molecule has 11 nitrogen and oxygen atoms in total. The number of nitrogens with zero attached hydrogens (tertiary/aromatic N) is 2. The van der Waals surface area contributed by atoms with Crippen molar-refractivity contribution in [3.8, 4) is 17.2 Å². The largest absolute Gasteiger partial charge is 0.493 e. The van der Waals surface area contributed by atoms with E-state index in [2.05, 4.69) is 0 Å². The molecule has 2 aromatic rings. The van der Waals surface area contributed by atoms with Gasteiger partial charge in [0.1, 0.15) is 11.9 Å². The number of likely N-dealkylation sites (tertiary alicyclic amines) is 1. The first kappa shape index (κ1) is 25.9. The number of nitrogens with one attached hydrogen (secondary N) is 2. The second-order valence-electron chi connectivity index (χ2n) is 9.01. The Bertz CT molecular complexity index is 1150. The molecule has 0 bridgehead atoms. The number of nitrogens with two attached hydrogens (primary N) is 2. The van der Waals surface area contributed by atoms with Crippen molar-refractivity contribution >= 4 is 17.9 Å². The molecule has 2 aromatic carbocycles. The number of esters is 1. The smallest absolute Gasteiger partial charge is 0.352 e. The van der Waals surface area contributed by atoms with Crippen LogP contribution in [0, 0.1) is 10.8 Å². The van der Waals surface area contributed by atoms with E-state index in [0.717, 1.165) is 17.5 Å². The first-order chi connectivity index (χ1) is 17.8. The first-order valence-corrected chi connectivity index (χ1v) is 12.3. The third-order valence-corrected chi connectivity index (χ3v) is 6.56. The molecule has 0 amide bonds. The highest BCUT2D eigenvalue weighted by atomic mass is 16.6. The highest BCUT2D eigenvalue weighted by Crippen LogP contribution is 2.37. The van der Waals surface area contributed by atoms with Gasteiger partial charge < -0.3 is 40.2 Å². The molecule has 37 heavy (non-hydrogen) atoms. The van der Waals surface area contributed by atoms with Gasteiger partial charge in [0.05, 0.1) is 20.3 Å². The third-order valence-electron chi connectivity index (χ3n) is 6.56. The van der Waals surface area contributed by atoms with Gasteiger partial charge in [-0.05, 0) is 48.7 Å². The first-order valence-electron chi connectivity index (χ1n) is 12.3. The summed E-state index contributed by atoms with van der Waals surface area (Å²) < 4.78 is 23.2. The van der Waals surface area contributed by atoms with E-state index >= 15 is 0 Å². The van der Waals surface area contributed by atoms with Crippen molar-refractivity contribution in [2.24, 2.45) is 11.5 Å². The van der Waals surface area contributed by atoms with Crippen LogP contribution in [0.4, 0.5) is 0 Å². The minimum Gasteiger partial charge on any atom is -0.493 e. The average Bonchev–Trinajstić information content (AvgIpc) is 3.36. The highest BCUT2D eigenvalue weighted by molar-refractivity contribution is 5.77. The molecular weight excluding hydrogens is 476 g/mol.